The van der Waals surface area contributed by atoms with Gasteiger partial charge in [-0.1, -0.05) is 32.6 Å². The molecule has 2 heteroatoms. The largest absolute Gasteiger partial charge is 0.313 e. The molecule has 1 saturated carbocycles. The molecule has 1 aliphatic carbocycles. The number of nitrogens with zero attached hydrogens (tertiary/aromatic N) is 1. The Morgan fingerprint density at radius 3 is 2.83 bits per heavy atom. The van der Waals surface area contributed by atoms with E-state index >= 15 is 0 Å². The molecule has 3 atom stereocenters. The van der Waals surface area contributed by atoms with Crippen molar-refractivity contribution in [2.24, 2.45) is 11.8 Å². The van der Waals surface area contributed by atoms with E-state index in [1.165, 1.54) is 37.7 Å². The van der Waals surface area contributed by atoms with Crippen molar-refractivity contribution in [1.29, 1.82) is 0 Å². The van der Waals surface area contributed by atoms with Gasteiger partial charge >= 0.3 is 0 Å². The molecule has 1 fully saturated rings. The van der Waals surface area contributed by atoms with Gasteiger partial charge in [-0.25, -0.2) is 0 Å². The highest BCUT2D eigenvalue weighted by molar-refractivity contribution is 5.20. The van der Waals surface area contributed by atoms with Gasteiger partial charge in [-0.3, -0.25) is 4.98 Å². The van der Waals surface area contributed by atoms with Crippen LogP contribution in [0, 0.1) is 18.8 Å². The predicted octanol–water partition coefficient (Wildman–Crippen LogP) is 3.87. The van der Waals surface area contributed by atoms with E-state index in [1.54, 1.807) is 0 Å². The summed E-state index contributed by atoms with van der Waals surface area (Å²) in [6.07, 6.45) is 8.84. The lowest BCUT2D eigenvalue weighted by Gasteiger charge is -2.37. The maximum atomic E-state index is 4.31. The van der Waals surface area contributed by atoms with Gasteiger partial charge in [0.25, 0.3) is 0 Å². The molecule has 1 aliphatic rings. The van der Waals surface area contributed by atoms with Crippen LogP contribution >= 0.6 is 0 Å². The van der Waals surface area contributed by atoms with Gasteiger partial charge in [-0.05, 0) is 49.9 Å². The number of pyridine rings is 1. The molecular weight excluding hydrogens is 220 g/mol. The lowest BCUT2D eigenvalue weighted by atomic mass is 9.72. The fourth-order valence-corrected chi connectivity index (χ4v) is 3.57. The minimum atomic E-state index is 0.497. The highest BCUT2D eigenvalue weighted by Crippen LogP contribution is 2.40. The first kappa shape index (κ1) is 13.5. The summed E-state index contributed by atoms with van der Waals surface area (Å²) in [6, 6.07) is 4.91. The number of aryl methyl sites for hydroxylation is 1. The van der Waals surface area contributed by atoms with Gasteiger partial charge in [0.15, 0.2) is 0 Å². The highest BCUT2D eigenvalue weighted by Gasteiger charge is 2.30. The lowest BCUT2D eigenvalue weighted by molar-refractivity contribution is 0.180. The van der Waals surface area contributed by atoms with Crippen LogP contribution in [0.4, 0.5) is 0 Å². The van der Waals surface area contributed by atoms with Crippen molar-refractivity contribution < 1.29 is 0 Å². The molecule has 1 aromatic rings. The summed E-state index contributed by atoms with van der Waals surface area (Å²) in [7, 11) is 2.10. The molecule has 1 aromatic heterocycles. The van der Waals surface area contributed by atoms with Crippen molar-refractivity contribution >= 4 is 0 Å². The Morgan fingerprint density at radius 1 is 1.39 bits per heavy atom. The quantitative estimate of drug-likeness (QED) is 0.872. The predicted molar refractivity (Wildman–Crippen MR) is 76.5 cm³/mol. The van der Waals surface area contributed by atoms with Gasteiger partial charge in [-0.15, -0.1) is 0 Å². The third-order valence-electron chi connectivity index (χ3n) is 4.51. The number of hydrogen-bond donors (Lipinski definition) is 1. The number of aromatic nitrogens is 1. The van der Waals surface area contributed by atoms with Gasteiger partial charge < -0.3 is 5.32 Å². The topological polar surface area (TPSA) is 24.9 Å². The minimum absolute atomic E-state index is 0.497. The number of hydrogen-bond acceptors (Lipinski definition) is 2. The lowest BCUT2D eigenvalue weighted by Crippen LogP contribution is -2.32. The summed E-state index contributed by atoms with van der Waals surface area (Å²) >= 11 is 0. The summed E-state index contributed by atoms with van der Waals surface area (Å²) < 4.78 is 0. The summed E-state index contributed by atoms with van der Waals surface area (Å²) in [5.41, 5.74) is 2.53. The normalized spacial score (nSPS) is 25.9. The van der Waals surface area contributed by atoms with Crippen molar-refractivity contribution in [2.45, 2.75) is 52.0 Å². The van der Waals surface area contributed by atoms with E-state index in [-0.39, 0.29) is 0 Å². The second kappa shape index (κ2) is 6.33. The van der Waals surface area contributed by atoms with Crippen LogP contribution in [0.25, 0.3) is 0 Å². The molecular formula is C16H26N2. The van der Waals surface area contributed by atoms with Gasteiger partial charge in [0.05, 0.1) is 0 Å². The molecule has 0 aromatic carbocycles. The van der Waals surface area contributed by atoms with E-state index in [4.69, 9.17) is 0 Å². The van der Waals surface area contributed by atoms with Gasteiger partial charge in [0, 0.05) is 17.9 Å². The second-order valence-corrected chi connectivity index (χ2v) is 5.61. The monoisotopic (exact) mass is 246 g/mol. The molecule has 0 radical (unpaired) electrons. The maximum absolute atomic E-state index is 4.31. The van der Waals surface area contributed by atoms with Crippen molar-refractivity contribution in [3.05, 3.63) is 29.6 Å². The Labute approximate surface area is 111 Å². The van der Waals surface area contributed by atoms with Crippen LogP contribution in [0.1, 0.15) is 56.3 Å². The van der Waals surface area contributed by atoms with Crippen LogP contribution in [-0.2, 0) is 0 Å². The van der Waals surface area contributed by atoms with E-state index in [2.05, 4.69) is 43.3 Å². The van der Waals surface area contributed by atoms with Crippen molar-refractivity contribution in [1.82, 2.24) is 10.3 Å². The zero-order valence-electron chi connectivity index (χ0n) is 11.9. The molecule has 0 bridgehead atoms. The zero-order chi connectivity index (χ0) is 13.0. The number of nitrogens with one attached hydrogen (secondary N) is 1. The van der Waals surface area contributed by atoms with Gasteiger partial charge in [-0.2, -0.15) is 0 Å². The van der Waals surface area contributed by atoms with Crippen LogP contribution in [0.15, 0.2) is 18.3 Å². The molecule has 0 amide bonds. The molecule has 0 aliphatic heterocycles. The molecule has 100 valence electrons. The Kier molecular flexibility index (Phi) is 4.76. The van der Waals surface area contributed by atoms with E-state index in [1.807, 2.05) is 6.20 Å². The third-order valence-corrected chi connectivity index (χ3v) is 4.51. The van der Waals surface area contributed by atoms with E-state index in [9.17, 15) is 0 Å². The summed E-state index contributed by atoms with van der Waals surface area (Å²) in [5, 5.41) is 3.55. The molecule has 1 heterocycles. The van der Waals surface area contributed by atoms with E-state index in [0.29, 0.717) is 6.04 Å². The average molecular weight is 246 g/mol. The summed E-state index contributed by atoms with van der Waals surface area (Å²) in [6.45, 7) is 4.42. The summed E-state index contributed by atoms with van der Waals surface area (Å²) in [5.74, 6) is 1.67. The maximum Gasteiger partial charge on any atom is 0.0375 e. The third kappa shape index (κ3) is 2.92. The fraction of sp³-hybridized carbons (Fsp3) is 0.688. The van der Waals surface area contributed by atoms with Crippen LogP contribution in [0.3, 0.4) is 0 Å². The van der Waals surface area contributed by atoms with Gasteiger partial charge in [0.2, 0.25) is 0 Å². The van der Waals surface area contributed by atoms with Crippen LogP contribution in [0.5, 0.6) is 0 Å². The van der Waals surface area contributed by atoms with Crippen molar-refractivity contribution in [3.8, 4) is 0 Å². The van der Waals surface area contributed by atoms with Crippen molar-refractivity contribution in [2.75, 3.05) is 7.05 Å². The highest BCUT2D eigenvalue weighted by atomic mass is 14.9. The smallest absolute Gasteiger partial charge is 0.0375 e. The van der Waals surface area contributed by atoms with Crippen LogP contribution in [0.2, 0.25) is 0 Å². The van der Waals surface area contributed by atoms with Crippen LogP contribution in [-0.4, -0.2) is 12.0 Å². The molecule has 0 spiro atoms. The second-order valence-electron chi connectivity index (χ2n) is 5.61. The first-order valence-corrected chi connectivity index (χ1v) is 7.36. The average Bonchev–Trinajstić information content (AvgIpc) is 2.40. The molecule has 3 unspecified atom stereocenters. The zero-order valence-corrected chi connectivity index (χ0v) is 11.9. The molecule has 18 heavy (non-hydrogen) atoms. The Morgan fingerprint density at radius 2 is 2.17 bits per heavy atom. The standard InChI is InChI=1S/C16H26N2/c1-4-13-7-5-6-8-15(13)16(17-3)14-9-10-18-12(2)11-14/h9-11,13,15-17H,4-8H2,1-3H3. The molecule has 2 nitrogen and oxygen atoms in total. The van der Waals surface area contributed by atoms with E-state index in [0.717, 1.165) is 17.5 Å². The van der Waals surface area contributed by atoms with E-state index < -0.39 is 0 Å². The first-order chi connectivity index (χ1) is 8.76. The Hall–Kier alpha value is -0.890. The summed E-state index contributed by atoms with van der Waals surface area (Å²) in [4.78, 5) is 4.31. The molecule has 0 saturated heterocycles. The minimum Gasteiger partial charge on any atom is -0.313 e. The first-order valence-electron chi connectivity index (χ1n) is 7.36. The number of rotatable bonds is 4. The molecule has 1 N–H and O–H groups in total. The SMILES string of the molecule is CCC1CCCCC1C(NC)c1ccnc(C)c1. The van der Waals surface area contributed by atoms with Gasteiger partial charge in [0.1, 0.15) is 0 Å². The van der Waals surface area contributed by atoms with Crippen molar-refractivity contribution in [3.63, 3.8) is 0 Å². The Bertz CT molecular complexity index is 375. The van der Waals surface area contributed by atoms with Crippen LogP contribution < -0.4 is 5.32 Å². The fourth-order valence-electron chi connectivity index (χ4n) is 3.57. The Balaban J connectivity index is 2.21. The molecule has 2 rings (SSSR count).